The van der Waals surface area contributed by atoms with Crippen molar-refractivity contribution in [2.24, 2.45) is 5.92 Å². The van der Waals surface area contributed by atoms with Gasteiger partial charge in [0.1, 0.15) is 0 Å². The number of benzene rings is 2. The molecule has 1 atom stereocenters. The van der Waals surface area contributed by atoms with Gasteiger partial charge >= 0.3 is 5.69 Å². The topological polar surface area (TPSA) is 124 Å². The van der Waals surface area contributed by atoms with Gasteiger partial charge in [-0.15, -0.1) is 0 Å². The molecule has 0 unspecified atom stereocenters. The van der Waals surface area contributed by atoms with E-state index in [2.05, 4.69) is 26.8 Å². The Morgan fingerprint density at radius 2 is 1.68 bits per heavy atom. The van der Waals surface area contributed by atoms with Gasteiger partial charge < -0.3 is 25.4 Å². The molecule has 3 saturated heterocycles. The van der Waals surface area contributed by atoms with Crippen LogP contribution < -0.4 is 11.4 Å². The van der Waals surface area contributed by atoms with Crippen molar-refractivity contribution in [1.29, 1.82) is 0 Å². The summed E-state index contributed by atoms with van der Waals surface area (Å²) in [6.45, 7) is 8.76. The number of hydrogen-bond acceptors (Lipinski definition) is 7. The number of piperidine rings is 2. The van der Waals surface area contributed by atoms with E-state index in [-0.39, 0.29) is 30.0 Å². The second-order valence-electron chi connectivity index (χ2n) is 14.6. The van der Waals surface area contributed by atoms with Gasteiger partial charge in [-0.2, -0.15) is 0 Å². The highest BCUT2D eigenvalue weighted by atomic mass is 35.5. The van der Waals surface area contributed by atoms with Gasteiger partial charge in [-0.05, 0) is 88.8 Å². The molecule has 3 aliphatic rings. The first-order valence-corrected chi connectivity index (χ1v) is 18.6. The molecule has 11 nitrogen and oxygen atoms in total. The summed E-state index contributed by atoms with van der Waals surface area (Å²) >= 11 is 6.47. The number of aryl methyl sites for hydroxylation is 1. The fourth-order valence-electron chi connectivity index (χ4n) is 8.41. The van der Waals surface area contributed by atoms with E-state index in [0.717, 1.165) is 72.1 Å². The van der Waals surface area contributed by atoms with Crippen molar-refractivity contribution in [3.8, 4) is 0 Å². The maximum atomic E-state index is 14.2. The Morgan fingerprint density at radius 1 is 0.960 bits per heavy atom. The molecule has 50 heavy (non-hydrogen) atoms. The molecular formula is C38H49ClN8O3. The van der Waals surface area contributed by atoms with E-state index in [1.165, 1.54) is 6.42 Å². The lowest BCUT2D eigenvalue weighted by atomic mass is 9.91. The molecule has 2 aromatic heterocycles. The largest absolute Gasteiger partial charge is 0.397 e. The molecule has 3 aliphatic heterocycles. The number of likely N-dealkylation sites (N-methyl/N-ethyl adjacent to an activating group) is 1. The summed E-state index contributed by atoms with van der Waals surface area (Å²) in [5, 5.41) is 1.39. The van der Waals surface area contributed by atoms with Gasteiger partial charge in [0, 0.05) is 63.2 Å². The van der Waals surface area contributed by atoms with Crippen LogP contribution in [0.4, 0.5) is 5.69 Å². The summed E-state index contributed by atoms with van der Waals surface area (Å²) in [6, 6.07) is 12.0. The quantitative estimate of drug-likeness (QED) is 0.273. The minimum atomic E-state index is -0.502. The lowest BCUT2D eigenvalue weighted by Gasteiger charge is -2.39. The van der Waals surface area contributed by atoms with Gasteiger partial charge in [-0.1, -0.05) is 35.9 Å². The number of rotatable bonds is 7. The molecule has 266 valence electrons. The number of anilines is 1. The van der Waals surface area contributed by atoms with Crippen LogP contribution >= 0.6 is 11.6 Å². The van der Waals surface area contributed by atoms with Crippen molar-refractivity contribution in [2.75, 3.05) is 65.1 Å². The van der Waals surface area contributed by atoms with Crippen LogP contribution in [-0.2, 0) is 16.0 Å². The Labute approximate surface area is 298 Å². The van der Waals surface area contributed by atoms with E-state index >= 15 is 0 Å². The number of hydrogen-bond donors (Lipinski definition) is 2. The van der Waals surface area contributed by atoms with Crippen molar-refractivity contribution < 1.29 is 9.59 Å². The predicted molar refractivity (Wildman–Crippen MR) is 198 cm³/mol. The van der Waals surface area contributed by atoms with Crippen LogP contribution in [0.1, 0.15) is 55.7 Å². The molecule has 4 aromatic rings. The molecule has 7 rings (SSSR count). The fraction of sp³-hybridized carbons (Fsp3) is 0.526. The van der Waals surface area contributed by atoms with Gasteiger partial charge in [-0.3, -0.25) is 24.0 Å². The number of nitrogens with zero attached hydrogens (tertiary/aromatic N) is 6. The highest BCUT2D eigenvalue weighted by Crippen LogP contribution is 2.31. The number of amides is 2. The van der Waals surface area contributed by atoms with E-state index in [1.54, 1.807) is 6.20 Å². The van der Waals surface area contributed by atoms with Crippen molar-refractivity contribution in [3.05, 3.63) is 69.2 Å². The number of para-hydroxylation sites is 1. The normalized spacial score (nSPS) is 19.7. The monoisotopic (exact) mass is 700 g/mol. The molecule has 0 bridgehead atoms. The Balaban J connectivity index is 1.03. The second-order valence-corrected chi connectivity index (χ2v) is 15.0. The number of fused-ring (bicyclic) bond motifs is 3. The summed E-state index contributed by atoms with van der Waals surface area (Å²) in [5.74, 6) is -0.487. The van der Waals surface area contributed by atoms with Crippen molar-refractivity contribution >= 4 is 51.0 Å². The van der Waals surface area contributed by atoms with Crippen LogP contribution in [0.25, 0.3) is 21.9 Å². The Morgan fingerprint density at radius 3 is 2.44 bits per heavy atom. The van der Waals surface area contributed by atoms with Gasteiger partial charge in [0.2, 0.25) is 11.8 Å². The molecule has 0 aliphatic carbocycles. The number of likely N-dealkylation sites (tertiary alicyclic amines) is 2. The van der Waals surface area contributed by atoms with Crippen LogP contribution in [-0.4, -0.2) is 111 Å². The number of pyridine rings is 1. The molecule has 0 radical (unpaired) electrons. The summed E-state index contributed by atoms with van der Waals surface area (Å²) in [6.07, 6.45) is 6.70. The van der Waals surface area contributed by atoms with Crippen LogP contribution in [0.2, 0.25) is 5.02 Å². The first-order chi connectivity index (χ1) is 24.2. The molecular weight excluding hydrogens is 652 g/mol. The van der Waals surface area contributed by atoms with E-state index in [1.807, 2.05) is 57.7 Å². The van der Waals surface area contributed by atoms with E-state index in [4.69, 9.17) is 17.3 Å². The van der Waals surface area contributed by atoms with Gasteiger partial charge in [0.05, 0.1) is 39.4 Å². The Hall–Kier alpha value is -3.93. The van der Waals surface area contributed by atoms with Crippen LogP contribution in [0.15, 0.2) is 47.4 Å². The first kappa shape index (κ1) is 34.5. The number of nitrogens with two attached hydrogens (primary N) is 1. The van der Waals surface area contributed by atoms with E-state index in [9.17, 15) is 14.4 Å². The Bertz CT molecular complexity index is 1900. The molecule has 3 fully saturated rings. The standard InChI is InChI=1S/C38H49ClN8O3/c1-25-20-26(22-31(39)35(25)40)21-27(37(49)46-16-8-28(9-17-46)44-13-5-12-43(2)18-19-44)23-34(48)45-14-10-29(11-15-45)47-33-24-41-32-7-4-3-6-30(32)36(33)42-38(47)50/h3-4,6-7,20,22,24,27-29H,5,8-19,21,23,40H2,1-2H3,(H,42,50)/t27-/m0/s1. The number of H-pyrrole nitrogens is 1. The zero-order chi connectivity index (χ0) is 34.9. The Kier molecular flexibility index (Phi) is 10.2. The number of carbonyl (C=O) groups is 2. The van der Waals surface area contributed by atoms with Crippen LogP contribution in [0.3, 0.4) is 0 Å². The van der Waals surface area contributed by atoms with Gasteiger partial charge in [-0.25, -0.2) is 4.79 Å². The summed E-state index contributed by atoms with van der Waals surface area (Å²) in [4.78, 5) is 57.8. The first-order valence-electron chi connectivity index (χ1n) is 18.2. The number of aromatic amines is 1. The summed E-state index contributed by atoms with van der Waals surface area (Å²) < 4.78 is 1.81. The number of nitrogens with one attached hydrogen (secondary N) is 1. The third-order valence-corrected chi connectivity index (χ3v) is 11.7. The maximum Gasteiger partial charge on any atom is 0.326 e. The van der Waals surface area contributed by atoms with Crippen LogP contribution in [0.5, 0.6) is 0 Å². The highest BCUT2D eigenvalue weighted by Gasteiger charge is 2.34. The highest BCUT2D eigenvalue weighted by molar-refractivity contribution is 6.33. The van der Waals surface area contributed by atoms with E-state index < -0.39 is 5.92 Å². The average Bonchev–Trinajstić information content (AvgIpc) is 3.32. The minimum absolute atomic E-state index is 0.0254. The maximum absolute atomic E-state index is 14.2. The third-order valence-electron chi connectivity index (χ3n) is 11.3. The molecule has 2 aromatic carbocycles. The molecule has 3 N–H and O–H groups in total. The van der Waals surface area contributed by atoms with Gasteiger partial charge in [0.25, 0.3) is 0 Å². The number of nitrogen functional groups attached to an aromatic ring is 1. The molecule has 0 saturated carbocycles. The molecule has 0 spiro atoms. The van der Waals surface area contributed by atoms with Crippen LogP contribution in [0, 0.1) is 12.8 Å². The smallest absolute Gasteiger partial charge is 0.326 e. The number of aromatic nitrogens is 3. The predicted octanol–water partition coefficient (Wildman–Crippen LogP) is 4.46. The molecule has 2 amide bonds. The number of carbonyl (C=O) groups excluding carboxylic acids is 2. The molecule has 5 heterocycles. The van der Waals surface area contributed by atoms with Crippen molar-refractivity contribution in [2.45, 2.75) is 64.0 Å². The zero-order valence-electron chi connectivity index (χ0n) is 29.2. The zero-order valence-corrected chi connectivity index (χ0v) is 30.0. The van der Waals surface area contributed by atoms with Crippen molar-refractivity contribution in [1.82, 2.24) is 34.1 Å². The lowest BCUT2D eigenvalue weighted by molar-refractivity contribution is -0.143. The minimum Gasteiger partial charge on any atom is -0.397 e. The van der Waals surface area contributed by atoms with Crippen molar-refractivity contribution in [3.63, 3.8) is 0 Å². The third kappa shape index (κ3) is 7.13. The SMILES string of the molecule is Cc1cc(C[C@@H](CC(=O)N2CCC(n3c(=O)[nH]c4c5ccccc5ncc43)CC2)C(=O)N2CCC(N3CCCN(C)CC3)CC2)cc(Cl)c1N. The number of halogens is 1. The summed E-state index contributed by atoms with van der Waals surface area (Å²) in [5.41, 5.74) is 10.7. The second kappa shape index (κ2) is 14.7. The fourth-order valence-corrected chi connectivity index (χ4v) is 8.70. The number of imidazole rings is 1. The summed E-state index contributed by atoms with van der Waals surface area (Å²) in [7, 11) is 2.19. The molecule has 12 heteroatoms. The van der Waals surface area contributed by atoms with E-state index in [0.29, 0.717) is 62.2 Å². The lowest BCUT2D eigenvalue weighted by Crippen LogP contribution is -2.50. The van der Waals surface area contributed by atoms with Gasteiger partial charge in [0.15, 0.2) is 0 Å². The average molecular weight is 701 g/mol.